The van der Waals surface area contributed by atoms with Crippen LogP contribution in [0.3, 0.4) is 0 Å². The molecule has 2 rings (SSSR count). The zero-order valence-electron chi connectivity index (χ0n) is 7.60. The molecule has 4 nitrogen and oxygen atoms in total. The van der Waals surface area contributed by atoms with Crippen LogP contribution in [0, 0.1) is 6.92 Å². The molecule has 0 saturated carbocycles. The van der Waals surface area contributed by atoms with Gasteiger partial charge >= 0.3 is 0 Å². The summed E-state index contributed by atoms with van der Waals surface area (Å²) in [6, 6.07) is 3.51. The molecule has 0 amide bonds. The molecule has 0 saturated heterocycles. The number of carbonyl (C=O) groups is 1. The van der Waals surface area contributed by atoms with Crippen LogP contribution in [-0.2, 0) is 0 Å². The predicted octanol–water partition coefficient (Wildman–Crippen LogP) is 1.86. The number of pyridine rings is 1. The topological polar surface area (TPSA) is 56.0 Å². The van der Waals surface area contributed by atoms with Crippen LogP contribution in [0.2, 0.25) is 0 Å². The van der Waals surface area contributed by atoms with Gasteiger partial charge in [-0.2, -0.15) is 0 Å². The highest BCUT2D eigenvalue weighted by Gasteiger charge is 2.04. The van der Waals surface area contributed by atoms with Gasteiger partial charge in [-0.25, -0.2) is 0 Å². The van der Waals surface area contributed by atoms with Gasteiger partial charge < -0.3 is 4.52 Å². The van der Waals surface area contributed by atoms with Crippen molar-refractivity contribution in [3.05, 3.63) is 35.8 Å². The van der Waals surface area contributed by atoms with Crippen molar-refractivity contribution < 1.29 is 9.32 Å². The molecule has 0 spiro atoms. The van der Waals surface area contributed by atoms with Gasteiger partial charge in [0.15, 0.2) is 12.0 Å². The summed E-state index contributed by atoms with van der Waals surface area (Å²) >= 11 is 0. The third-order valence-corrected chi connectivity index (χ3v) is 1.81. The van der Waals surface area contributed by atoms with Crippen molar-refractivity contribution in [3.63, 3.8) is 0 Å². The van der Waals surface area contributed by atoms with E-state index in [2.05, 4.69) is 10.1 Å². The molecule has 0 atom stereocenters. The van der Waals surface area contributed by atoms with Gasteiger partial charge in [-0.05, 0) is 13.0 Å². The lowest BCUT2D eigenvalue weighted by molar-refractivity contribution is 0.112. The Labute approximate surface area is 80.6 Å². The van der Waals surface area contributed by atoms with E-state index >= 15 is 0 Å². The number of hydrogen-bond acceptors (Lipinski definition) is 4. The fourth-order valence-corrected chi connectivity index (χ4v) is 1.16. The van der Waals surface area contributed by atoms with Crippen molar-refractivity contribution in [3.8, 4) is 11.3 Å². The van der Waals surface area contributed by atoms with E-state index in [4.69, 9.17) is 4.52 Å². The summed E-state index contributed by atoms with van der Waals surface area (Å²) in [5, 5.41) is 3.76. The molecular weight excluding hydrogens is 180 g/mol. The third kappa shape index (κ3) is 1.54. The third-order valence-electron chi connectivity index (χ3n) is 1.81. The van der Waals surface area contributed by atoms with Crippen LogP contribution in [0.4, 0.5) is 0 Å². The van der Waals surface area contributed by atoms with Crippen LogP contribution in [0.1, 0.15) is 16.1 Å². The highest BCUT2D eigenvalue weighted by Crippen LogP contribution is 2.19. The average Bonchev–Trinajstić information content (AvgIpc) is 2.65. The van der Waals surface area contributed by atoms with Crippen molar-refractivity contribution in [1.29, 1.82) is 0 Å². The number of aldehydes is 1. The maximum absolute atomic E-state index is 10.5. The largest absolute Gasteiger partial charge is 0.356 e. The predicted molar refractivity (Wildman–Crippen MR) is 49.9 cm³/mol. The lowest BCUT2D eigenvalue weighted by Gasteiger charge is -1.94. The molecule has 0 unspecified atom stereocenters. The molecule has 2 heterocycles. The number of rotatable bonds is 2. The Morgan fingerprint density at radius 2 is 2.21 bits per heavy atom. The summed E-state index contributed by atoms with van der Waals surface area (Å²) in [7, 11) is 0. The molecular formula is C10H8N2O2. The summed E-state index contributed by atoms with van der Waals surface area (Å²) in [6.07, 6.45) is 3.88. The second-order valence-electron chi connectivity index (χ2n) is 2.96. The first kappa shape index (κ1) is 8.62. The summed E-state index contributed by atoms with van der Waals surface area (Å²) < 4.78 is 5.04. The van der Waals surface area contributed by atoms with E-state index in [-0.39, 0.29) is 0 Å². The van der Waals surface area contributed by atoms with Gasteiger partial charge in [0.05, 0.1) is 5.69 Å². The molecule has 0 radical (unpaired) electrons. The lowest BCUT2D eigenvalue weighted by atomic mass is 10.2. The first-order valence-electron chi connectivity index (χ1n) is 4.13. The minimum Gasteiger partial charge on any atom is -0.356 e. The summed E-state index contributed by atoms with van der Waals surface area (Å²) in [5.41, 5.74) is 2.09. The maximum Gasteiger partial charge on any atom is 0.168 e. The Bertz CT molecular complexity index is 463. The van der Waals surface area contributed by atoms with Crippen LogP contribution in [0.5, 0.6) is 0 Å². The fraction of sp³-hybridized carbons (Fsp3) is 0.100. The highest BCUT2D eigenvalue weighted by molar-refractivity contribution is 5.76. The van der Waals surface area contributed by atoms with E-state index in [9.17, 15) is 4.79 Å². The minimum absolute atomic E-state index is 0.525. The van der Waals surface area contributed by atoms with Gasteiger partial charge in [0.2, 0.25) is 0 Å². The fourth-order valence-electron chi connectivity index (χ4n) is 1.16. The van der Waals surface area contributed by atoms with E-state index in [0.717, 1.165) is 17.5 Å². The Morgan fingerprint density at radius 3 is 2.86 bits per heavy atom. The smallest absolute Gasteiger partial charge is 0.168 e. The number of hydrogen-bond donors (Lipinski definition) is 0. The molecule has 4 heteroatoms. The van der Waals surface area contributed by atoms with Gasteiger partial charge in [-0.15, -0.1) is 0 Å². The van der Waals surface area contributed by atoms with Gasteiger partial charge in [-0.3, -0.25) is 9.78 Å². The van der Waals surface area contributed by atoms with E-state index in [0.29, 0.717) is 11.3 Å². The maximum atomic E-state index is 10.5. The molecule has 0 fully saturated rings. The number of aryl methyl sites for hydroxylation is 1. The summed E-state index contributed by atoms with van der Waals surface area (Å²) in [4.78, 5) is 14.4. The Kier molecular flexibility index (Phi) is 2.10. The van der Waals surface area contributed by atoms with E-state index in [1.165, 1.54) is 6.20 Å². The summed E-state index contributed by atoms with van der Waals surface area (Å²) in [6.45, 7) is 1.84. The van der Waals surface area contributed by atoms with Crippen molar-refractivity contribution in [2.75, 3.05) is 0 Å². The number of aromatic nitrogens is 2. The molecule has 0 N–H and O–H groups in total. The van der Waals surface area contributed by atoms with Crippen LogP contribution in [0.15, 0.2) is 29.0 Å². The van der Waals surface area contributed by atoms with E-state index < -0.39 is 0 Å². The Hall–Kier alpha value is -1.97. The molecule has 2 aromatic rings. The van der Waals surface area contributed by atoms with Crippen LogP contribution in [0.25, 0.3) is 11.3 Å². The van der Waals surface area contributed by atoms with Gasteiger partial charge in [0.25, 0.3) is 0 Å². The standard InChI is InChI=1S/C10H8N2O2/c1-7-2-10(14-12-7)9-3-8(6-13)4-11-5-9/h2-6H,1H3. The number of carbonyl (C=O) groups excluding carboxylic acids is 1. The Morgan fingerprint density at radius 1 is 1.36 bits per heavy atom. The van der Waals surface area contributed by atoms with Crippen molar-refractivity contribution in [1.82, 2.24) is 10.1 Å². The molecule has 0 aliphatic carbocycles. The summed E-state index contributed by atoms with van der Waals surface area (Å²) in [5.74, 6) is 0.624. The first-order chi connectivity index (χ1) is 6.79. The average molecular weight is 188 g/mol. The van der Waals surface area contributed by atoms with Gasteiger partial charge in [0.1, 0.15) is 0 Å². The van der Waals surface area contributed by atoms with Crippen molar-refractivity contribution >= 4 is 6.29 Å². The minimum atomic E-state index is 0.525. The van der Waals surface area contributed by atoms with Crippen molar-refractivity contribution in [2.45, 2.75) is 6.92 Å². The monoisotopic (exact) mass is 188 g/mol. The zero-order valence-corrected chi connectivity index (χ0v) is 7.60. The normalized spacial score (nSPS) is 10.1. The molecule has 0 aliphatic heterocycles. The quantitative estimate of drug-likeness (QED) is 0.675. The highest BCUT2D eigenvalue weighted by atomic mass is 16.5. The molecule has 70 valence electrons. The SMILES string of the molecule is Cc1cc(-c2cncc(C=O)c2)on1. The molecule has 2 aromatic heterocycles. The zero-order chi connectivity index (χ0) is 9.97. The van der Waals surface area contributed by atoms with Gasteiger partial charge in [-0.1, -0.05) is 5.16 Å². The van der Waals surface area contributed by atoms with Crippen LogP contribution in [-0.4, -0.2) is 16.4 Å². The molecule has 0 aromatic carbocycles. The first-order valence-corrected chi connectivity index (χ1v) is 4.13. The lowest BCUT2D eigenvalue weighted by Crippen LogP contribution is -1.83. The van der Waals surface area contributed by atoms with Crippen LogP contribution < -0.4 is 0 Å². The van der Waals surface area contributed by atoms with Crippen molar-refractivity contribution in [2.24, 2.45) is 0 Å². The number of nitrogens with zero attached hydrogens (tertiary/aromatic N) is 2. The van der Waals surface area contributed by atoms with E-state index in [1.807, 2.05) is 6.92 Å². The molecule has 14 heavy (non-hydrogen) atoms. The van der Waals surface area contributed by atoms with Gasteiger partial charge in [0, 0.05) is 29.6 Å². The molecule has 0 aliphatic rings. The van der Waals surface area contributed by atoms with Crippen LogP contribution >= 0.6 is 0 Å². The second-order valence-corrected chi connectivity index (χ2v) is 2.96. The second kappa shape index (κ2) is 3.41. The van der Waals surface area contributed by atoms with E-state index in [1.54, 1.807) is 18.3 Å². The molecule has 0 bridgehead atoms. The Balaban J connectivity index is 2.46.